The second-order valence-corrected chi connectivity index (χ2v) is 7.65. The van der Waals surface area contributed by atoms with Crippen LogP contribution in [-0.4, -0.2) is 23.5 Å². The Kier molecular flexibility index (Phi) is 5.81. The topological polar surface area (TPSA) is 39.0 Å². The van der Waals surface area contributed by atoms with Crippen molar-refractivity contribution in [1.82, 2.24) is 9.38 Å². The highest BCUT2D eigenvalue weighted by atomic mass is 35.5. The van der Waals surface area contributed by atoms with E-state index in [0.29, 0.717) is 11.6 Å². The van der Waals surface area contributed by atoms with E-state index in [-0.39, 0.29) is 0 Å². The van der Waals surface area contributed by atoms with Gasteiger partial charge in [0.15, 0.2) is 11.4 Å². The maximum atomic E-state index is 6.08. The average molecular weight is 422 g/mol. The Morgan fingerprint density at radius 2 is 1.83 bits per heavy atom. The first kappa shape index (κ1) is 20.1. The number of rotatable bonds is 7. The lowest BCUT2D eigenvalue weighted by molar-refractivity contribution is 0.308. The molecule has 4 aromatic rings. The van der Waals surface area contributed by atoms with Crippen molar-refractivity contribution in [3.05, 3.63) is 88.7 Å². The first-order valence-corrected chi connectivity index (χ1v) is 10.1. The van der Waals surface area contributed by atoms with Gasteiger partial charge in [0.05, 0.1) is 12.8 Å². The number of aromatic nitrogens is 2. The van der Waals surface area contributed by atoms with Crippen LogP contribution < -0.4 is 14.4 Å². The van der Waals surface area contributed by atoms with Crippen molar-refractivity contribution in [1.29, 1.82) is 0 Å². The van der Waals surface area contributed by atoms with Crippen LogP contribution in [0.15, 0.2) is 66.9 Å². The van der Waals surface area contributed by atoms with Gasteiger partial charge in [-0.15, -0.1) is 0 Å². The van der Waals surface area contributed by atoms with E-state index < -0.39 is 0 Å². The van der Waals surface area contributed by atoms with E-state index in [1.807, 2.05) is 61.7 Å². The molecule has 2 heterocycles. The van der Waals surface area contributed by atoms with Crippen molar-refractivity contribution in [3.63, 3.8) is 0 Å². The number of fused-ring (bicyclic) bond motifs is 1. The molecule has 0 radical (unpaired) electrons. The molecule has 154 valence electrons. The van der Waals surface area contributed by atoms with E-state index in [1.54, 1.807) is 7.11 Å². The molecule has 2 aromatic carbocycles. The number of hydrogen-bond acceptors (Lipinski definition) is 4. The minimum atomic E-state index is 0.434. The van der Waals surface area contributed by atoms with E-state index >= 15 is 0 Å². The minimum absolute atomic E-state index is 0.434. The number of anilines is 1. The number of pyridine rings is 1. The molecular weight excluding hydrogens is 398 g/mol. The van der Waals surface area contributed by atoms with Crippen LogP contribution in [0.2, 0.25) is 5.02 Å². The molecule has 0 saturated carbocycles. The van der Waals surface area contributed by atoms with Crippen molar-refractivity contribution in [2.24, 2.45) is 0 Å². The Bertz CT molecular complexity index is 1160. The molecule has 30 heavy (non-hydrogen) atoms. The van der Waals surface area contributed by atoms with Crippen molar-refractivity contribution in [2.75, 3.05) is 19.1 Å². The zero-order valence-electron chi connectivity index (χ0n) is 17.3. The predicted molar refractivity (Wildman–Crippen MR) is 121 cm³/mol. The molecule has 0 fully saturated rings. The summed E-state index contributed by atoms with van der Waals surface area (Å²) in [5, 5.41) is 0.702. The zero-order chi connectivity index (χ0) is 21.1. The second-order valence-electron chi connectivity index (χ2n) is 7.21. The molecule has 0 N–H and O–H groups in total. The molecule has 0 aliphatic rings. The number of aryl methyl sites for hydroxylation is 1. The van der Waals surface area contributed by atoms with Gasteiger partial charge in [0.2, 0.25) is 0 Å². The first-order valence-electron chi connectivity index (χ1n) is 9.74. The predicted octanol–water partition coefficient (Wildman–Crippen LogP) is 5.52. The Labute approximate surface area is 181 Å². The third kappa shape index (κ3) is 4.21. The molecule has 0 bridgehead atoms. The van der Waals surface area contributed by atoms with Crippen molar-refractivity contribution in [3.8, 4) is 11.5 Å². The summed E-state index contributed by atoms with van der Waals surface area (Å²) in [5.41, 5.74) is 3.96. The van der Waals surface area contributed by atoms with E-state index in [9.17, 15) is 0 Å². The third-order valence-corrected chi connectivity index (χ3v) is 5.22. The van der Waals surface area contributed by atoms with Crippen LogP contribution in [0.5, 0.6) is 11.5 Å². The second kappa shape index (κ2) is 8.67. The highest BCUT2D eigenvalue weighted by Gasteiger charge is 2.16. The van der Waals surface area contributed by atoms with E-state index in [1.165, 1.54) is 5.56 Å². The van der Waals surface area contributed by atoms with Gasteiger partial charge in [-0.25, -0.2) is 4.98 Å². The standard InChI is InChI=1S/C24H24ClN3O2/c1-17-24(27(2)15-18-9-11-21(29-3)12-10-18)28-13-5-8-22(23(28)26-17)30-16-19-6-4-7-20(25)14-19/h4-14H,15-16H2,1-3H3. The van der Waals surface area contributed by atoms with Crippen molar-refractivity contribution >= 4 is 23.1 Å². The Morgan fingerprint density at radius 1 is 1.03 bits per heavy atom. The quantitative estimate of drug-likeness (QED) is 0.394. The molecular formula is C24H24ClN3O2. The molecule has 0 aliphatic carbocycles. The number of benzene rings is 2. The van der Waals surface area contributed by atoms with Crippen LogP contribution in [0, 0.1) is 6.92 Å². The maximum Gasteiger partial charge on any atom is 0.181 e. The summed E-state index contributed by atoms with van der Waals surface area (Å²) in [6, 6.07) is 19.7. The molecule has 0 unspecified atom stereocenters. The molecule has 0 spiro atoms. The summed E-state index contributed by atoms with van der Waals surface area (Å²) in [6.45, 7) is 3.21. The van der Waals surface area contributed by atoms with Gasteiger partial charge in [-0.1, -0.05) is 35.9 Å². The fourth-order valence-electron chi connectivity index (χ4n) is 3.58. The Morgan fingerprint density at radius 3 is 2.57 bits per heavy atom. The molecule has 0 aliphatic heterocycles. The van der Waals surface area contributed by atoms with Crippen LogP contribution in [-0.2, 0) is 13.2 Å². The van der Waals surface area contributed by atoms with Gasteiger partial charge >= 0.3 is 0 Å². The summed E-state index contributed by atoms with van der Waals surface area (Å²) >= 11 is 6.08. The van der Waals surface area contributed by atoms with E-state index in [2.05, 4.69) is 28.5 Å². The number of imidazole rings is 1. The molecule has 0 atom stereocenters. The van der Waals surface area contributed by atoms with Gasteiger partial charge in [0, 0.05) is 24.8 Å². The largest absolute Gasteiger partial charge is 0.497 e. The van der Waals surface area contributed by atoms with Crippen LogP contribution in [0.4, 0.5) is 5.82 Å². The molecule has 2 aromatic heterocycles. The zero-order valence-corrected chi connectivity index (χ0v) is 18.1. The van der Waals surface area contributed by atoms with E-state index in [0.717, 1.165) is 40.8 Å². The number of nitrogens with zero attached hydrogens (tertiary/aromatic N) is 3. The highest BCUT2D eigenvalue weighted by molar-refractivity contribution is 6.30. The Hall–Kier alpha value is -3.18. The minimum Gasteiger partial charge on any atom is -0.497 e. The van der Waals surface area contributed by atoms with Gasteiger partial charge in [-0.05, 0) is 54.4 Å². The van der Waals surface area contributed by atoms with Gasteiger partial charge in [-0.2, -0.15) is 0 Å². The summed E-state index contributed by atoms with van der Waals surface area (Å²) in [6.07, 6.45) is 2.02. The number of methoxy groups -OCH3 is 1. The van der Waals surface area contributed by atoms with Gasteiger partial charge < -0.3 is 14.4 Å². The molecule has 5 nitrogen and oxygen atoms in total. The van der Waals surface area contributed by atoms with Crippen LogP contribution in [0.25, 0.3) is 5.65 Å². The van der Waals surface area contributed by atoms with Crippen molar-refractivity contribution < 1.29 is 9.47 Å². The normalized spacial score (nSPS) is 10.9. The first-order chi connectivity index (χ1) is 14.5. The van der Waals surface area contributed by atoms with Gasteiger partial charge in [0.25, 0.3) is 0 Å². The number of ether oxygens (including phenoxy) is 2. The lowest BCUT2D eigenvalue weighted by Gasteiger charge is -2.20. The van der Waals surface area contributed by atoms with Gasteiger partial charge in [-0.3, -0.25) is 4.40 Å². The molecule has 0 saturated heterocycles. The lowest BCUT2D eigenvalue weighted by Crippen LogP contribution is -2.19. The van der Waals surface area contributed by atoms with Crippen LogP contribution in [0.3, 0.4) is 0 Å². The van der Waals surface area contributed by atoms with Crippen LogP contribution >= 0.6 is 11.6 Å². The third-order valence-electron chi connectivity index (χ3n) is 4.98. The summed E-state index contributed by atoms with van der Waals surface area (Å²) in [4.78, 5) is 6.98. The summed E-state index contributed by atoms with van der Waals surface area (Å²) in [5.74, 6) is 2.63. The monoisotopic (exact) mass is 421 g/mol. The average Bonchev–Trinajstić information content (AvgIpc) is 3.09. The van der Waals surface area contributed by atoms with Gasteiger partial charge in [0.1, 0.15) is 18.2 Å². The molecule has 6 heteroatoms. The fraction of sp³-hybridized carbons (Fsp3) is 0.208. The molecule has 0 amide bonds. The maximum absolute atomic E-state index is 6.08. The number of hydrogen-bond donors (Lipinski definition) is 0. The summed E-state index contributed by atoms with van der Waals surface area (Å²) in [7, 11) is 3.75. The van der Waals surface area contributed by atoms with E-state index in [4.69, 9.17) is 26.1 Å². The van der Waals surface area contributed by atoms with Crippen LogP contribution in [0.1, 0.15) is 16.8 Å². The highest BCUT2D eigenvalue weighted by Crippen LogP contribution is 2.28. The summed E-state index contributed by atoms with van der Waals surface area (Å²) < 4.78 is 13.4. The lowest BCUT2D eigenvalue weighted by atomic mass is 10.2. The van der Waals surface area contributed by atoms with Crippen molar-refractivity contribution in [2.45, 2.75) is 20.1 Å². The fourth-order valence-corrected chi connectivity index (χ4v) is 3.80. The smallest absolute Gasteiger partial charge is 0.181 e. The molecule has 4 rings (SSSR count). The number of halogens is 1. The SMILES string of the molecule is COc1ccc(CN(C)c2c(C)nc3c(OCc4cccc(Cl)c4)cccn23)cc1. The Balaban J connectivity index is 1.58.